The summed E-state index contributed by atoms with van der Waals surface area (Å²) >= 11 is 0. The number of carbonyl (C=O) groups excluding carboxylic acids is 1. The molecule has 18 heavy (non-hydrogen) atoms. The first kappa shape index (κ1) is 15.4. The topological polar surface area (TPSA) is 92.5 Å². The molecule has 0 radical (unpaired) electrons. The minimum absolute atomic E-state index is 0.0872. The highest BCUT2D eigenvalue weighted by atomic mass is 32.2. The zero-order valence-electron chi connectivity index (χ0n) is 11.1. The SMILES string of the molecule is CN(CC(=O)NC1CCCCC1CN)S(C)(=O)=O. The summed E-state index contributed by atoms with van der Waals surface area (Å²) in [6, 6.07) is 0.0872. The minimum Gasteiger partial charge on any atom is -0.352 e. The van der Waals surface area contributed by atoms with Gasteiger partial charge >= 0.3 is 0 Å². The lowest BCUT2D eigenvalue weighted by atomic mass is 9.84. The van der Waals surface area contributed by atoms with Crippen molar-refractivity contribution in [3.05, 3.63) is 0 Å². The lowest BCUT2D eigenvalue weighted by molar-refractivity contribution is -0.122. The molecule has 3 N–H and O–H groups in total. The van der Waals surface area contributed by atoms with Gasteiger partial charge in [-0.05, 0) is 25.3 Å². The Morgan fingerprint density at radius 3 is 2.56 bits per heavy atom. The van der Waals surface area contributed by atoms with Crippen molar-refractivity contribution in [2.75, 3.05) is 26.4 Å². The summed E-state index contributed by atoms with van der Waals surface area (Å²) in [5, 5.41) is 2.90. The van der Waals surface area contributed by atoms with E-state index in [2.05, 4.69) is 5.32 Å². The van der Waals surface area contributed by atoms with Crippen molar-refractivity contribution in [1.82, 2.24) is 9.62 Å². The Morgan fingerprint density at radius 1 is 1.39 bits per heavy atom. The van der Waals surface area contributed by atoms with Gasteiger partial charge in [-0.15, -0.1) is 0 Å². The molecule has 1 aliphatic carbocycles. The number of sulfonamides is 1. The van der Waals surface area contributed by atoms with Crippen LogP contribution in [-0.4, -0.2) is 51.1 Å². The van der Waals surface area contributed by atoms with Crippen molar-refractivity contribution in [3.8, 4) is 0 Å². The number of likely N-dealkylation sites (N-methyl/N-ethyl adjacent to an activating group) is 1. The van der Waals surface area contributed by atoms with Crippen LogP contribution in [0.15, 0.2) is 0 Å². The lowest BCUT2D eigenvalue weighted by Crippen LogP contribution is -2.48. The lowest BCUT2D eigenvalue weighted by Gasteiger charge is -2.31. The minimum atomic E-state index is -3.31. The Hall–Kier alpha value is -0.660. The maximum atomic E-state index is 11.8. The normalized spacial score (nSPS) is 25.1. The zero-order chi connectivity index (χ0) is 13.8. The van der Waals surface area contributed by atoms with E-state index in [-0.39, 0.29) is 18.5 Å². The van der Waals surface area contributed by atoms with Crippen molar-refractivity contribution in [1.29, 1.82) is 0 Å². The van der Waals surface area contributed by atoms with E-state index in [1.54, 1.807) is 0 Å². The summed E-state index contributed by atoms with van der Waals surface area (Å²) in [6.07, 6.45) is 5.28. The molecule has 2 unspecified atom stereocenters. The van der Waals surface area contributed by atoms with Gasteiger partial charge in [0, 0.05) is 13.1 Å². The van der Waals surface area contributed by atoms with Gasteiger partial charge in [-0.3, -0.25) is 4.79 Å². The first-order valence-corrected chi connectivity index (χ1v) is 8.10. The molecular weight excluding hydrogens is 254 g/mol. The smallest absolute Gasteiger partial charge is 0.235 e. The van der Waals surface area contributed by atoms with Crippen LogP contribution < -0.4 is 11.1 Å². The Kier molecular flexibility index (Phi) is 5.55. The van der Waals surface area contributed by atoms with Gasteiger partial charge in [0.05, 0.1) is 12.8 Å². The van der Waals surface area contributed by atoms with Gasteiger partial charge in [-0.25, -0.2) is 8.42 Å². The van der Waals surface area contributed by atoms with Crippen molar-refractivity contribution >= 4 is 15.9 Å². The first-order chi connectivity index (χ1) is 8.34. The second-order valence-electron chi connectivity index (χ2n) is 4.97. The molecule has 2 atom stereocenters. The molecule has 0 aromatic heterocycles. The number of hydrogen-bond acceptors (Lipinski definition) is 4. The molecule has 0 spiro atoms. The van der Waals surface area contributed by atoms with Crippen molar-refractivity contribution in [3.63, 3.8) is 0 Å². The molecule has 1 rings (SSSR count). The summed E-state index contributed by atoms with van der Waals surface area (Å²) < 4.78 is 23.5. The van der Waals surface area contributed by atoms with E-state index >= 15 is 0 Å². The molecule has 7 heteroatoms. The summed E-state index contributed by atoms with van der Waals surface area (Å²) in [4.78, 5) is 11.8. The highest BCUT2D eigenvalue weighted by Crippen LogP contribution is 2.23. The number of nitrogens with zero attached hydrogens (tertiary/aromatic N) is 1. The maximum Gasteiger partial charge on any atom is 0.235 e. The third kappa shape index (κ3) is 4.55. The van der Waals surface area contributed by atoms with Gasteiger partial charge in [-0.2, -0.15) is 4.31 Å². The van der Waals surface area contributed by atoms with Gasteiger partial charge in [0.25, 0.3) is 0 Å². The zero-order valence-corrected chi connectivity index (χ0v) is 11.9. The Labute approximate surface area is 109 Å². The number of carbonyl (C=O) groups is 1. The third-order valence-corrected chi connectivity index (χ3v) is 4.75. The predicted octanol–water partition coefficient (Wildman–Crippen LogP) is -0.488. The van der Waals surface area contributed by atoms with Crippen LogP contribution in [0, 0.1) is 5.92 Å². The van der Waals surface area contributed by atoms with Gasteiger partial charge < -0.3 is 11.1 Å². The number of rotatable bonds is 5. The van der Waals surface area contributed by atoms with Crippen molar-refractivity contribution < 1.29 is 13.2 Å². The van der Waals surface area contributed by atoms with Gasteiger partial charge in [0.15, 0.2) is 0 Å². The molecule has 1 fully saturated rings. The molecule has 0 saturated heterocycles. The first-order valence-electron chi connectivity index (χ1n) is 6.25. The monoisotopic (exact) mass is 277 g/mol. The standard InChI is InChI=1S/C11H23N3O3S/c1-14(18(2,16)17)8-11(15)13-10-6-4-3-5-9(10)7-12/h9-10H,3-8,12H2,1-2H3,(H,13,15). The van der Waals surface area contributed by atoms with Crippen LogP contribution in [0.3, 0.4) is 0 Å². The van der Waals surface area contributed by atoms with E-state index in [4.69, 9.17) is 5.73 Å². The van der Waals surface area contributed by atoms with E-state index in [0.717, 1.165) is 36.2 Å². The number of hydrogen-bond donors (Lipinski definition) is 2. The predicted molar refractivity (Wildman–Crippen MR) is 70.4 cm³/mol. The molecule has 0 bridgehead atoms. The van der Waals surface area contributed by atoms with Crippen LogP contribution in [0.4, 0.5) is 0 Å². The van der Waals surface area contributed by atoms with Crippen molar-refractivity contribution in [2.24, 2.45) is 11.7 Å². The van der Waals surface area contributed by atoms with Gasteiger partial charge in [-0.1, -0.05) is 12.8 Å². The molecule has 0 aromatic rings. The second-order valence-corrected chi connectivity index (χ2v) is 7.06. The summed E-state index contributed by atoms with van der Waals surface area (Å²) in [5.74, 6) is 0.0551. The summed E-state index contributed by atoms with van der Waals surface area (Å²) in [6.45, 7) is 0.430. The molecule has 106 valence electrons. The van der Waals surface area contributed by atoms with Gasteiger partial charge in [0.2, 0.25) is 15.9 Å². The molecule has 0 aliphatic heterocycles. The number of amides is 1. The molecule has 1 amide bonds. The highest BCUT2D eigenvalue weighted by Gasteiger charge is 2.26. The van der Waals surface area contributed by atoms with Crippen LogP contribution in [0.2, 0.25) is 0 Å². The molecule has 0 heterocycles. The molecule has 0 aromatic carbocycles. The fourth-order valence-electron chi connectivity index (χ4n) is 2.25. The fourth-order valence-corrected chi connectivity index (χ4v) is 2.60. The van der Waals surface area contributed by atoms with E-state index < -0.39 is 10.0 Å². The van der Waals surface area contributed by atoms with Crippen LogP contribution in [0.1, 0.15) is 25.7 Å². The quantitative estimate of drug-likeness (QED) is 0.709. The fraction of sp³-hybridized carbons (Fsp3) is 0.909. The highest BCUT2D eigenvalue weighted by molar-refractivity contribution is 7.88. The largest absolute Gasteiger partial charge is 0.352 e. The third-order valence-electron chi connectivity index (χ3n) is 3.49. The summed E-state index contributed by atoms with van der Waals surface area (Å²) in [5.41, 5.74) is 5.68. The van der Waals surface area contributed by atoms with Gasteiger partial charge in [0.1, 0.15) is 0 Å². The van der Waals surface area contributed by atoms with Crippen LogP contribution in [0.25, 0.3) is 0 Å². The Balaban J connectivity index is 2.48. The van der Waals surface area contributed by atoms with Crippen LogP contribution in [-0.2, 0) is 14.8 Å². The molecule has 1 saturated carbocycles. The second kappa shape index (κ2) is 6.49. The molecular formula is C11H23N3O3S. The number of nitrogens with one attached hydrogen (secondary N) is 1. The maximum absolute atomic E-state index is 11.8. The molecule has 1 aliphatic rings. The van der Waals surface area contributed by atoms with Crippen LogP contribution in [0.5, 0.6) is 0 Å². The Bertz CT molecular complexity index is 383. The summed E-state index contributed by atoms with van der Waals surface area (Å²) in [7, 11) is -1.91. The van der Waals surface area contributed by atoms with E-state index in [1.165, 1.54) is 7.05 Å². The van der Waals surface area contributed by atoms with Crippen LogP contribution >= 0.6 is 0 Å². The average molecular weight is 277 g/mol. The van der Waals surface area contributed by atoms with E-state index in [9.17, 15) is 13.2 Å². The van der Waals surface area contributed by atoms with E-state index in [0.29, 0.717) is 12.5 Å². The van der Waals surface area contributed by atoms with Crippen molar-refractivity contribution in [2.45, 2.75) is 31.7 Å². The molecule has 6 nitrogen and oxygen atoms in total. The number of nitrogens with two attached hydrogens (primary N) is 1. The average Bonchev–Trinajstić information content (AvgIpc) is 2.28. The van der Waals surface area contributed by atoms with E-state index in [1.807, 2.05) is 0 Å². The Morgan fingerprint density at radius 2 is 2.00 bits per heavy atom.